The normalized spacial score (nSPS) is 16.5. The Bertz CT molecular complexity index is 428. The van der Waals surface area contributed by atoms with Crippen LogP contribution in [0, 0.1) is 0 Å². The molecule has 0 unspecified atom stereocenters. The Labute approximate surface area is 131 Å². The molecular weight excluding hydrogens is 295 g/mol. The molecule has 5 heteroatoms. The Kier molecular flexibility index (Phi) is 6.80. The zero-order chi connectivity index (χ0) is 13.7. The largest absolute Gasteiger partial charge is 0.354 e. The van der Waals surface area contributed by atoms with Gasteiger partial charge in [-0.15, -0.1) is 12.4 Å². The molecule has 2 N–H and O–H groups in total. The molecular formula is C15H22Cl2N2O. The van der Waals surface area contributed by atoms with E-state index in [-0.39, 0.29) is 23.7 Å². The van der Waals surface area contributed by atoms with E-state index in [2.05, 4.69) is 22.8 Å². The second kappa shape index (κ2) is 7.87. The van der Waals surface area contributed by atoms with Gasteiger partial charge in [0, 0.05) is 17.0 Å². The third kappa shape index (κ3) is 4.11. The molecule has 1 aliphatic rings. The molecule has 0 heterocycles. The van der Waals surface area contributed by atoms with Gasteiger partial charge in [0.1, 0.15) is 0 Å². The maximum absolute atomic E-state index is 11.6. The average molecular weight is 317 g/mol. The zero-order valence-corrected chi connectivity index (χ0v) is 13.3. The zero-order valence-electron chi connectivity index (χ0n) is 11.7. The fourth-order valence-corrected chi connectivity index (χ4v) is 3.04. The molecule has 0 radical (unpaired) electrons. The molecule has 112 valence electrons. The summed E-state index contributed by atoms with van der Waals surface area (Å²) < 4.78 is 0. The van der Waals surface area contributed by atoms with E-state index in [0.717, 1.165) is 24.4 Å². The summed E-state index contributed by atoms with van der Waals surface area (Å²) in [6.07, 6.45) is 4.72. The van der Waals surface area contributed by atoms with Crippen molar-refractivity contribution in [3.8, 4) is 0 Å². The molecule has 1 aliphatic carbocycles. The molecule has 3 nitrogen and oxygen atoms in total. The van der Waals surface area contributed by atoms with Crippen molar-refractivity contribution in [2.24, 2.45) is 0 Å². The number of rotatable bonds is 5. The van der Waals surface area contributed by atoms with Gasteiger partial charge in [0.2, 0.25) is 5.91 Å². The first-order valence-corrected chi connectivity index (χ1v) is 7.21. The lowest BCUT2D eigenvalue weighted by atomic mass is 9.79. The third-order valence-electron chi connectivity index (χ3n) is 3.98. The van der Waals surface area contributed by atoms with Crippen LogP contribution in [0.4, 0.5) is 0 Å². The van der Waals surface area contributed by atoms with Gasteiger partial charge < -0.3 is 10.6 Å². The Morgan fingerprint density at radius 3 is 2.40 bits per heavy atom. The Morgan fingerprint density at radius 2 is 1.85 bits per heavy atom. The number of hydrogen-bond donors (Lipinski definition) is 2. The number of hydrogen-bond acceptors (Lipinski definition) is 2. The number of amides is 1. The smallest absolute Gasteiger partial charge is 0.233 e. The van der Waals surface area contributed by atoms with Crippen LogP contribution in [0.3, 0.4) is 0 Å². The van der Waals surface area contributed by atoms with E-state index in [0.29, 0.717) is 6.54 Å². The molecule has 1 amide bonds. The molecule has 1 saturated carbocycles. The van der Waals surface area contributed by atoms with Crippen molar-refractivity contribution in [2.45, 2.75) is 31.1 Å². The first-order valence-electron chi connectivity index (χ1n) is 6.84. The van der Waals surface area contributed by atoms with Crippen molar-refractivity contribution < 1.29 is 4.79 Å². The van der Waals surface area contributed by atoms with Crippen molar-refractivity contribution >= 4 is 29.9 Å². The molecule has 0 spiro atoms. The van der Waals surface area contributed by atoms with Crippen molar-refractivity contribution in [3.63, 3.8) is 0 Å². The summed E-state index contributed by atoms with van der Waals surface area (Å²) in [4.78, 5) is 11.6. The highest BCUT2D eigenvalue weighted by Crippen LogP contribution is 2.40. The Morgan fingerprint density at radius 1 is 1.25 bits per heavy atom. The lowest BCUT2D eigenvalue weighted by molar-refractivity contribution is -0.120. The number of carbonyl (C=O) groups is 1. The van der Waals surface area contributed by atoms with Crippen molar-refractivity contribution in [1.82, 2.24) is 10.6 Å². The van der Waals surface area contributed by atoms with E-state index in [1.165, 1.54) is 18.4 Å². The summed E-state index contributed by atoms with van der Waals surface area (Å²) in [7, 11) is 1.78. The van der Waals surface area contributed by atoms with E-state index in [1.807, 2.05) is 12.1 Å². The number of benzene rings is 1. The summed E-state index contributed by atoms with van der Waals surface area (Å²) in [5, 5.41) is 6.68. The standard InChI is InChI=1S/C15H21ClN2O.ClH/c1-17-10-14(19)18-11-15(8-2-3-9-15)12-4-6-13(16)7-5-12;/h4-7,17H,2-3,8-11H2,1H3,(H,18,19);1H. The van der Waals surface area contributed by atoms with Crippen LogP contribution in [-0.2, 0) is 10.2 Å². The van der Waals surface area contributed by atoms with Gasteiger partial charge in [0.15, 0.2) is 0 Å². The third-order valence-corrected chi connectivity index (χ3v) is 4.23. The number of halogens is 2. The molecule has 0 bridgehead atoms. The second-order valence-corrected chi connectivity index (χ2v) is 5.74. The molecule has 0 atom stereocenters. The van der Waals surface area contributed by atoms with Gasteiger partial charge in [0.05, 0.1) is 6.54 Å². The molecule has 0 aromatic heterocycles. The molecule has 0 aliphatic heterocycles. The van der Waals surface area contributed by atoms with E-state index in [4.69, 9.17) is 11.6 Å². The van der Waals surface area contributed by atoms with Crippen molar-refractivity contribution in [2.75, 3.05) is 20.1 Å². The van der Waals surface area contributed by atoms with Crippen LogP contribution in [0.1, 0.15) is 31.2 Å². The molecule has 1 fully saturated rings. The van der Waals surface area contributed by atoms with Crippen LogP contribution in [0.2, 0.25) is 5.02 Å². The van der Waals surface area contributed by atoms with Gasteiger partial charge >= 0.3 is 0 Å². The quantitative estimate of drug-likeness (QED) is 0.877. The van der Waals surface area contributed by atoms with Crippen LogP contribution >= 0.6 is 24.0 Å². The minimum absolute atomic E-state index is 0. The van der Waals surface area contributed by atoms with E-state index in [1.54, 1.807) is 7.05 Å². The van der Waals surface area contributed by atoms with E-state index >= 15 is 0 Å². The monoisotopic (exact) mass is 316 g/mol. The Balaban J connectivity index is 0.00000200. The van der Waals surface area contributed by atoms with Gasteiger partial charge in [-0.1, -0.05) is 36.6 Å². The highest BCUT2D eigenvalue weighted by atomic mass is 35.5. The lowest BCUT2D eigenvalue weighted by Crippen LogP contribution is -2.41. The fraction of sp³-hybridized carbons (Fsp3) is 0.533. The molecule has 1 aromatic rings. The minimum atomic E-state index is 0. The maximum atomic E-state index is 11.6. The fourth-order valence-electron chi connectivity index (χ4n) is 2.91. The first kappa shape index (κ1) is 17.3. The first-order chi connectivity index (χ1) is 9.16. The van der Waals surface area contributed by atoms with Crippen LogP contribution in [0.15, 0.2) is 24.3 Å². The summed E-state index contributed by atoms with van der Waals surface area (Å²) >= 11 is 5.95. The maximum Gasteiger partial charge on any atom is 0.233 e. The average Bonchev–Trinajstić information content (AvgIpc) is 2.88. The highest BCUT2D eigenvalue weighted by molar-refractivity contribution is 6.30. The van der Waals surface area contributed by atoms with E-state index in [9.17, 15) is 4.79 Å². The number of likely N-dealkylation sites (N-methyl/N-ethyl adjacent to an activating group) is 1. The number of nitrogens with one attached hydrogen (secondary N) is 2. The minimum Gasteiger partial charge on any atom is -0.354 e. The van der Waals surface area contributed by atoms with Crippen molar-refractivity contribution in [3.05, 3.63) is 34.9 Å². The predicted octanol–water partition coefficient (Wildman–Crippen LogP) is 2.91. The topological polar surface area (TPSA) is 41.1 Å². The SMILES string of the molecule is CNCC(=O)NCC1(c2ccc(Cl)cc2)CCCC1.Cl. The van der Waals surface area contributed by atoms with Gasteiger partial charge in [0.25, 0.3) is 0 Å². The van der Waals surface area contributed by atoms with Crippen molar-refractivity contribution in [1.29, 1.82) is 0 Å². The second-order valence-electron chi connectivity index (χ2n) is 5.30. The van der Waals surface area contributed by atoms with Gasteiger partial charge in [-0.25, -0.2) is 0 Å². The highest BCUT2D eigenvalue weighted by Gasteiger charge is 2.35. The van der Waals surface area contributed by atoms with Crippen LogP contribution < -0.4 is 10.6 Å². The molecule has 0 saturated heterocycles. The molecule has 20 heavy (non-hydrogen) atoms. The molecule has 1 aromatic carbocycles. The van der Waals surface area contributed by atoms with E-state index < -0.39 is 0 Å². The van der Waals surface area contributed by atoms with Crippen LogP contribution in [0.25, 0.3) is 0 Å². The summed E-state index contributed by atoms with van der Waals surface area (Å²) in [5.41, 5.74) is 1.38. The van der Waals surface area contributed by atoms with Crippen LogP contribution in [0.5, 0.6) is 0 Å². The van der Waals surface area contributed by atoms with Gasteiger partial charge in [-0.2, -0.15) is 0 Å². The van der Waals surface area contributed by atoms with Gasteiger partial charge in [-0.05, 0) is 37.6 Å². The Hall–Kier alpha value is -0.770. The predicted molar refractivity (Wildman–Crippen MR) is 85.8 cm³/mol. The molecule has 2 rings (SSSR count). The summed E-state index contributed by atoms with van der Waals surface area (Å²) in [6, 6.07) is 8.06. The summed E-state index contributed by atoms with van der Waals surface area (Å²) in [6.45, 7) is 1.09. The summed E-state index contributed by atoms with van der Waals surface area (Å²) in [5.74, 6) is 0.0581. The van der Waals surface area contributed by atoms with Crippen LogP contribution in [-0.4, -0.2) is 26.0 Å². The number of carbonyl (C=O) groups excluding carboxylic acids is 1. The lowest BCUT2D eigenvalue weighted by Gasteiger charge is -2.30. The van der Waals surface area contributed by atoms with Gasteiger partial charge in [-0.3, -0.25) is 4.79 Å².